The van der Waals surface area contributed by atoms with Gasteiger partial charge in [0.15, 0.2) is 0 Å². The van der Waals surface area contributed by atoms with Crippen LogP contribution < -0.4 is 0 Å². The molecule has 4 aliphatic rings. The second kappa shape index (κ2) is 12.3. The van der Waals surface area contributed by atoms with E-state index in [1.54, 1.807) is 0 Å². The van der Waals surface area contributed by atoms with Crippen LogP contribution in [0.25, 0.3) is 10.6 Å². The molecule has 0 aromatic rings. The van der Waals surface area contributed by atoms with E-state index in [1.807, 2.05) is 0 Å². The molecule has 0 spiro atoms. The van der Waals surface area contributed by atoms with Crippen LogP contribution in [0.1, 0.15) is 70.6 Å². The molecular weight excluding hydrogens is 487 g/mol. The summed E-state index contributed by atoms with van der Waals surface area (Å²) in [4.78, 5) is 0. The number of rotatable bonds is 2. The van der Waals surface area contributed by atoms with Gasteiger partial charge in [-0.2, -0.15) is 36.4 Å². The molecular formula is C22H34N2Pt. The van der Waals surface area contributed by atoms with Crippen molar-refractivity contribution in [2.45, 2.75) is 76.7 Å². The minimum Gasteiger partial charge on any atom is -0.686 e. The van der Waals surface area contributed by atoms with Crippen molar-refractivity contribution >= 4 is 0 Å². The number of hydrogen-bond acceptors (Lipinski definition) is 0. The summed E-state index contributed by atoms with van der Waals surface area (Å²) in [7, 11) is 0. The van der Waals surface area contributed by atoms with Gasteiger partial charge in [0.05, 0.1) is 0 Å². The quantitative estimate of drug-likeness (QED) is 0.371. The largest absolute Gasteiger partial charge is 4.00 e. The van der Waals surface area contributed by atoms with E-state index in [9.17, 15) is 0 Å². The Balaban J connectivity index is 0.000000173. The summed E-state index contributed by atoms with van der Waals surface area (Å²) in [6.07, 6.45) is 26.4. The van der Waals surface area contributed by atoms with Crippen LogP contribution in [0, 0.1) is 24.7 Å². The Hall–Kier alpha value is -0.0717. The molecule has 1 saturated heterocycles. The molecule has 0 amide bonds. The fraction of sp³-hybridized carbons (Fsp3) is 0.727. The van der Waals surface area contributed by atoms with Crippen molar-refractivity contribution in [3.05, 3.63) is 47.4 Å². The third kappa shape index (κ3) is 7.22. The molecule has 3 fully saturated rings. The van der Waals surface area contributed by atoms with E-state index in [2.05, 4.69) is 36.4 Å². The fourth-order valence-electron chi connectivity index (χ4n) is 4.38. The topological polar surface area (TPSA) is 28.2 Å². The van der Waals surface area contributed by atoms with Crippen LogP contribution in [0.4, 0.5) is 0 Å². The molecule has 142 valence electrons. The first-order chi connectivity index (χ1) is 11.9. The molecule has 25 heavy (non-hydrogen) atoms. The molecule has 0 N–H and O–H groups in total. The zero-order valence-corrected chi connectivity index (χ0v) is 17.8. The van der Waals surface area contributed by atoms with Crippen molar-refractivity contribution in [2.24, 2.45) is 11.8 Å². The molecule has 2 aliphatic heterocycles. The smallest absolute Gasteiger partial charge is 0.686 e. The molecule has 2 heterocycles. The summed E-state index contributed by atoms with van der Waals surface area (Å²) in [5.41, 5.74) is 1.30. The van der Waals surface area contributed by atoms with Crippen LogP contribution in [0.3, 0.4) is 0 Å². The molecule has 4 rings (SSSR count). The summed E-state index contributed by atoms with van der Waals surface area (Å²) in [5.74, 6) is 1.50. The average molecular weight is 522 g/mol. The van der Waals surface area contributed by atoms with Crippen molar-refractivity contribution in [3.63, 3.8) is 0 Å². The predicted molar refractivity (Wildman–Crippen MR) is 104 cm³/mol. The van der Waals surface area contributed by atoms with Gasteiger partial charge in [-0.3, -0.25) is 0 Å². The molecule has 0 aromatic heterocycles. The second-order valence-electron chi connectivity index (χ2n) is 7.64. The van der Waals surface area contributed by atoms with Crippen LogP contribution >= 0.6 is 0 Å². The van der Waals surface area contributed by atoms with Gasteiger partial charge in [-0.25, -0.2) is 0 Å². The van der Waals surface area contributed by atoms with Gasteiger partial charge in [0.25, 0.3) is 0 Å². The van der Waals surface area contributed by atoms with E-state index in [4.69, 9.17) is 5.32 Å². The van der Waals surface area contributed by atoms with Crippen molar-refractivity contribution in [3.8, 4) is 0 Å². The second-order valence-corrected chi connectivity index (χ2v) is 7.64. The first-order valence-corrected chi connectivity index (χ1v) is 10.3. The zero-order chi connectivity index (χ0) is 16.5. The number of piperidine rings is 1. The Morgan fingerprint density at radius 1 is 0.880 bits per heavy atom. The number of nitrogens with zero attached hydrogens (tertiary/aromatic N) is 2. The van der Waals surface area contributed by atoms with Crippen molar-refractivity contribution in [2.75, 3.05) is 13.1 Å². The van der Waals surface area contributed by atoms with E-state index >= 15 is 0 Å². The summed E-state index contributed by atoms with van der Waals surface area (Å²) in [6, 6.07) is 0.707. The molecule has 0 radical (unpaired) electrons. The van der Waals surface area contributed by atoms with Crippen LogP contribution in [-0.2, 0) is 21.1 Å². The molecule has 2 nitrogen and oxygen atoms in total. The number of hydrogen-bond donors (Lipinski definition) is 0. The van der Waals surface area contributed by atoms with Gasteiger partial charge in [-0.15, -0.1) is 19.2 Å². The van der Waals surface area contributed by atoms with Crippen LogP contribution in [0.2, 0.25) is 0 Å². The molecule has 3 unspecified atom stereocenters. The van der Waals surface area contributed by atoms with E-state index in [1.165, 1.54) is 76.3 Å². The molecule has 3 heteroatoms. The Kier molecular flexibility index (Phi) is 10.5. The van der Waals surface area contributed by atoms with Crippen LogP contribution in [0.15, 0.2) is 23.9 Å². The van der Waals surface area contributed by atoms with Gasteiger partial charge in [0.2, 0.25) is 0 Å². The van der Waals surface area contributed by atoms with E-state index in [0.717, 1.165) is 19.0 Å². The van der Waals surface area contributed by atoms with Gasteiger partial charge in [-0.05, 0) is 0 Å². The maximum Gasteiger partial charge on any atom is 4.00 e. The average Bonchev–Trinajstić information content (AvgIpc) is 2.71. The minimum atomic E-state index is 0. The van der Waals surface area contributed by atoms with Gasteiger partial charge in [-0.1, -0.05) is 69.9 Å². The summed E-state index contributed by atoms with van der Waals surface area (Å²) >= 11 is 0. The van der Waals surface area contributed by atoms with E-state index < -0.39 is 0 Å². The molecule has 2 aliphatic carbocycles. The van der Waals surface area contributed by atoms with Crippen molar-refractivity contribution in [1.82, 2.24) is 0 Å². The summed E-state index contributed by atoms with van der Waals surface area (Å²) in [6.45, 7) is 2.02. The fourth-order valence-corrected chi connectivity index (χ4v) is 4.38. The van der Waals surface area contributed by atoms with Crippen LogP contribution in [-0.4, -0.2) is 19.1 Å². The first-order valence-electron chi connectivity index (χ1n) is 10.3. The standard InChI is InChI=1S/C11H19N.C11H15N.Pt/c2*1-2-6-10(7-3-1)11-8-4-5-9-12-11;/h6,10-11H,1-5,7-9H2;4-6,8,10H,1-3,7,9H2;/q2*-2;+4. The SMILES string of the molecule is C1=CC[N-]C(C2[CH-]CCCC2)=C1.[CH-]1CCCCC1C1CCCC[N-]1.[Pt+4]. The summed E-state index contributed by atoms with van der Waals surface area (Å²) < 4.78 is 0. The third-order valence-corrected chi connectivity index (χ3v) is 5.81. The van der Waals surface area contributed by atoms with Gasteiger partial charge >= 0.3 is 21.1 Å². The monoisotopic (exact) mass is 521 g/mol. The number of allylic oxidation sites excluding steroid dienone is 3. The normalized spacial score (nSPS) is 32.3. The Bertz CT molecular complexity index is 384. The maximum absolute atomic E-state index is 4.72. The molecule has 2 saturated carbocycles. The minimum absolute atomic E-state index is 0. The predicted octanol–water partition coefficient (Wildman–Crippen LogP) is 6.51. The summed E-state index contributed by atoms with van der Waals surface area (Å²) in [5, 5.41) is 9.22. The Morgan fingerprint density at radius 2 is 1.68 bits per heavy atom. The van der Waals surface area contributed by atoms with Gasteiger partial charge < -0.3 is 23.5 Å². The molecule has 0 bridgehead atoms. The van der Waals surface area contributed by atoms with Gasteiger partial charge in [0, 0.05) is 0 Å². The maximum atomic E-state index is 4.72. The van der Waals surface area contributed by atoms with E-state index in [0.29, 0.717) is 12.0 Å². The van der Waals surface area contributed by atoms with Crippen molar-refractivity contribution < 1.29 is 21.1 Å². The van der Waals surface area contributed by atoms with Gasteiger partial charge in [0.1, 0.15) is 0 Å². The Morgan fingerprint density at radius 3 is 2.28 bits per heavy atom. The Labute approximate surface area is 169 Å². The van der Waals surface area contributed by atoms with Crippen molar-refractivity contribution in [1.29, 1.82) is 0 Å². The molecule has 3 atom stereocenters. The molecule has 0 aromatic carbocycles. The van der Waals surface area contributed by atoms with E-state index in [-0.39, 0.29) is 21.1 Å². The van der Waals surface area contributed by atoms with Crippen LogP contribution in [0.5, 0.6) is 0 Å². The first kappa shape index (κ1) is 21.2. The third-order valence-electron chi connectivity index (χ3n) is 5.81. The zero-order valence-electron chi connectivity index (χ0n) is 15.5.